The molecule has 2 heteroatoms. The Hall–Kier alpha value is -2.74. The van der Waals surface area contributed by atoms with E-state index in [0.717, 1.165) is 11.1 Å². The normalized spacial score (nSPS) is 10.5. The van der Waals surface area contributed by atoms with Gasteiger partial charge in [-0.25, -0.2) is 4.39 Å². The van der Waals surface area contributed by atoms with Gasteiger partial charge in [-0.3, -0.25) is 4.79 Å². The third-order valence-corrected chi connectivity index (χ3v) is 3.67. The maximum absolute atomic E-state index is 14.5. The molecule has 3 aromatic carbocycles. The van der Waals surface area contributed by atoms with Crippen molar-refractivity contribution in [2.45, 2.75) is 6.92 Å². The predicted octanol–water partition coefficient (Wildman–Crippen LogP) is 5.36. The minimum absolute atomic E-state index is 0.0249. The van der Waals surface area contributed by atoms with E-state index in [0.29, 0.717) is 16.7 Å². The van der Waals surface area contributed by atoms with Crippen molar-refractivity contribution in [3.63, 3.8) is 0 Å². The molecule has 0 N–H and O–H groups in total. The van der Waals surface area contributed by atoms with E-state index in [2.05, 4.69) is 0 Å². The zero-order valence-electron chi connectivity index (χ0n) is 12.2. The molecule has 0 bridgehead atoms. The summed E-state index contributed by atoms with van der Waals surface area (Å²) in [5, 5.41) is 0. The number of rotatable bonds is 3. The molecule has 3 rings (SSSR count). The monoisotopic (exact) mass is 290 g/mol. The lowest BCUT2D eigenvalue weighted by Gasteiger charge is -2.09. The fourth-order valence-electron chi connectivity index (χ4n) is 2.58. The van der Waals surface area contributed by atoms with Gasteiger partial charge < -0.3 is 0 Å². The van der Waals surface area contributed by atoms with Crippen LogP contribution in [0.25, 0.3) is 22.3 Å². The number of benzene rings is 3. The molecule has 22 heavy (non-hydrogen) atoms. The highest BCUT2D eigenvalue weighted by molar-refractivity contribution is 6.00. The lowest BCUT2D eigenvalue weighted by molar-refractivity contribution is 0.101. The van der Waals surface area contributed by atoms with Gasteiger partial charge in [-0.2, -0.15) is 0 Å². The Kier molecular flexibility index (Phi) is 3.84. The Morgan fingerprint density at radius 1 is 0.773 bits per heavy atom. The van der Waals surface area contributed by atoms with Gasteiger partial charge in [0.15, 0.2) is 5.78 Å². The van der Waals surface area contributed by atoms with Crippen LogP contribution in [0, 0.1) is 5.82 Å². The van der Waals surface area contributed by atoms with Gasteiger partial charge in [-0.15, -0.1) is 0 Å². The van der Waals surface area contributed by atoms with Crippen LogP contribution in [-0.2, 0) is 0 Å². The van der Waals surface area contributed by atoms with Crippen LogP contribution in [0.15, 0.2) is 72.8 Å². The molecule has 0 unspecified atom stereocenters. The minimum Gasteiger partial charge on any atom is -0.294 e. The van der Waals surface area contributed by atoms with Crippen molar-refractivity contribution in [1.82, 2.24) is 0 Å². The van der Waals surface area contributed by atoms with Gasteiger partial charge in [0.05, 0.1) is 0 Å². The predicted molar refractivity (Wildman–Crippen MR) is 87.3 cm³/mol. The molecule has 0 aliphatic heterocycles. The first-order valence-corrected chi connectivity index (χ1v) is 7.12. The van der Waals surface area contributed by atoms with Crippen LogP contribution >= 0.6 is 0 Å². The van der Waals surface area contributed by atoms with E-state index >= 15 is 0 Å². The van der Waals surface area contributed by atoms with Crippen LogP contribution in [0.5, 0.6) is 0 Å². The van der Waals surface area contributed by atoms with Crippen molar-refractivity contribution >= 4 is 5.78 Å². The number of hydrogen-bond donors (Lipinski definition) is 0. The van der Waals surface area contributed by atoms with E-state index in [1.165, 1.54) is 13.0 Å². The van der Waals surface area contributed by atoms with Crippen LogP contribution in [0.4, 0.5) is 4.39 Å². The first kappa shape index (κ1) is 14.2. The fourth-order valence-corrected chi connectivity index (χ4v) is 2.58. The van der Waals surface area contributed by atoms with Crippen LogP contribution in [0.1, 0.15) is 17.3 Å². The second-order valence-electron chi connectivity index (χ2n) is 5.16. The van der Waals surface area contributed by atoms with Crippen LogP contribution in [0.2, 0.25) is 0 Å². The molecule has 0 saturated heterocycles. The molecular weight excluding hydrogens is 275 g/mol. The summed E-state index contributed by atoms with van der Waals surface area (Å²) in [6, 6.07) is 21.8. The number of halogens is 1. The average molecular weight is 290 g/mol. The van der Waals surface area contributed by atoms with Gasteiger partial charge in [0.1, 0.15) is 5.82 Å². The summed E-state index contributed by atoms with van der Waals surface area (Å²) in [6.07, 6.45) is 0. The van der Waals surface area contributed by atoms with Crippen molar-refractivity contribution < 1.29 is 9.18 Å². The molecule has 0 aliphatic rings. The molecule has 0 aliphatic carbocycles. The van der Waals surface area contributed by atoms with Gasteiger partial charge in [0, 0.05) is 11.1 Å². The minimum atomic E-state index is -0.290. The number of carbonyl (C=O) groups is 1. The maximum atomic E-state index is 14.5. The van der Waals surface area contributed by atoms with E-state index in [9.17, 15) is 9.18 Å². The fraction of sp³-hybridized carbons (Fsp3) is 0.0500. The van der Waals surface area contributed by atoms with Gasteiger partial charge in [-0.05, 0) is 29.7 Å². The van der Waals surface area contributed by atoms with Crippen molar-refractivity contribution in [3.8, 4) is 22.3 Å². The third kappa shape index (κ3) is 2.68. The van der Waals surface area contributed by atoms with E-state index in [1.807, 2.05) is 54.6 Å². The zero-order valence-corrected chi connectivity index (χ0v) is 12.2. The number of Topliss-reactive ketones (excluding diaryl/α,β-unsaturated/α-hetero) is 1. The molecule has 0 heterocycles. The molecule has 0 aromatic heterocycles. The molecule has 0 atom stereocenters. The molecule has 0 amide bonds. The standard InChI is InChI=1S/C20H15FO/c1-14(22)17-9-5-6-10-18(17)16-11-12-19(20(21)13-16)15-7-3-2-4-8-15/h2-13H,1H3. The quantitative estimate of drug-likeness (QED) is 0.593. The molecule has 0 saturated carbocycles. The van der Waals surface area contributed by atoms with Crippen molar-refractivity contribution in [1.29, 1.82) is 0 Å². The first-order chi connectivity index (χ1) is 10.7. The van der Waals surface area contributed by atoms with Crippen LogP contribution in [-0.4, -0.2) is 5.78 Å². The smallest absolute Gasteiger partial charge is 0.160 e. The van der Waals surface area contributed by atoms with Gasteiger partial charge in [-0.1, -0.05) is 66.7 Å². The van der Waals surface area contributed by atoms with Crippen molar-refractivity contribution in [3.05, 3.63) is 84.2 Å². The maximum Gasteiger partial charge on any atom is 0.160 e. The Morgan fingerprint density at radius 2 is 1.45 bits per heavy atom. The Bertz CT molecular complexity index is 822. The second-order valence-corrected chi connectivity index (χ2v) is 5.16. The molecule has 0 spiro atoms. The number of carbonyl (C=O) groups excluding carboxylic acids is 1. The summed E-state index contributed by atoms with van der Waals surface area (Å²) >= 11 is 0. The van der Waals surface area contributed by atoms with Gasteiger partial charge in [0.25, 0.3) is 0 Å². The average Bonchev–Trinajstić information content (AvgIpc) is 2.55. The Balaban J connectivity index is 2.09. The lowest BCUT2D eigenvalue weighted by Crippen LogP contribution is -1.96. The largest absolute Gasteiger partial charge is 0.294 e. The van der Waals surface area contributed by atoms with E-state index < -0.39 is 0 Å². The number of hydrogen-bond acceptors (Lipinski definition) is 1. The summed E-state index contributed by atoms with van der Waals surface area (Å²) in [4.78, 5) is 11.7. The van der Waals surface area contributed by atoms with E-state index in [-0.39, 0.29) is 11.6 Å². The molecule has 108 valence electrons. The summed E-state index contributed by atoms with van der Waals surface area (Å²) in [6.45, 7) is 1.52. The SMILES string of the molecule is CC(=O)c1ccccc1-c1ccc(-c2ccccc2)c(F)c1. The van der Waals surface area contributed by atoms with Crippen LogP contribution < -0.4 is 0 Å². The summed E-state index contributed by atoms with van der Waals surface area (Å²) in [5.41, 5.74) is 3.47. The molecule has 0 radical (unpaired) electrons. The van der Waals surface area contributed by atoms with Crippen molar-refractivity contribution in [2.75, 3.05) is 0 Å². The Morgan fingerprint density at radius 3 is 2.14 bits per heavy atom. The molecule has 3 aromatic rings. The molecule has 0 fully saturated rings. The topological polar surface area (TPSA) is 17.1 Å². The molecule has 1 nitrogen and oxygen atoms in total. The zero-order chi connectivity index (χ0) is 15.5. The van der Waals surface area contributed by atoms with Gasteiger partial charge in [0.2, 0.25) is 0 Å². The van der Waals surface area contributed by atoms with Gasteiger partial charge >= 0.3 is 0 Å². The highest BCUT2D eigenvalue weighted by atomic mass is 19.1. The molecular formula is C20H15FO. The highest BCUT2D eigenvalue weighted by Crippen LogP contribution is 2.29. The summed E-state index contributed by atoms with van der Waals surface area (Å²) in [5.74, 6) is -0.315. The highest BCUT2D eigenvalue weighted by Gasteiger charge is 2.11. The lowest BCUT2D eigenvalue weighted by atomic mass is 9.95. The second kappa shape index (κ2) is 5.94. The summed E-state index contributed by atoms with van der Waals surface area (Å²) in [7, 11) is 0. The Labute approximate surface area is 129 Å². The van der Waals surface area contributed by atoms with Crippen LogP contribution in [0.3, 0.4) is 0 Å². The van der Waals surface area contributed by atoms with E-state index in [4.69, 9.17) is 0 Å². The third-order valence-electron chi connectivity index (χ3n) is 3.67. The van der Waals surface area contributed by atoms with E-state index in [1.54, 1.807) is 12.1 Å². The summed E-state index contributed by atoms with van der Waals surface area (Å²) < 4.78 is 14.5. The van der Waals surface area contributed by atoms with Crippen molar-refractivity contribution in [2.24, 2.45) is 0 Å². The first-order valence-electron chi connectivity index (χ1n) is 7.12. The number of ketones is 1.